The Balaban J connectivity index is 2.07. The molecule has 0 aliphatic heterocycles. The zero-order valence-corrected chi connectivity index (χ0v) is 10.5. The van der Waals surface area contributed by atoms with Gasteiger partial charge in [-0.05, 0) is 18.6 Å². The second-order valence-corrected chi connectivity index (χ2v) is 4.72. The number of imidazole rings is 1. The van der Waals surface area contributed by atoms with E-state index in [0.717, 1.165) is 16.8 Å². The van der Waals surface area contributed by atoms with E-state index in [2.05, 4.69) is 4.98 Å². The largest absolute Gasteiger partial charge is 0.437 e. The van der Waals surface area contributed by atoms with Crippen LogP contribution in [0.4, 0.5) is 0 Å². The molecule has 0 N–H and O–H groups in total. The van der Waals surface area contributed by atoms with Crippen molar-refractivity contribution in [3.8, 4) is 11.6 Å². The monoisotopic (exact) mass is 258 g/mol. The minimum Gasteiger partial charge on any atom is -0.437 e. The Labute approximate surface area is 107 Å². The van der Waals surface area contributed by atoms with Crippen LogP contribution < -0.4 is 4.74 Å². The van der Waals surface area contributed by atoms with Crippen LogP contribution in [0.2, 0.25) is 0 Å². The van der Waals surface area contributed by atoms with E-state index in [9.17, 15) is 4.79 Å². The van der Waals surface area contributed by atoms with E-state index in [1.165, 1.54) is 11.3 Å². The predicted molar refractivity (Wildman–Crippen MR) is 69.7 cm³/mol. The van der Waals surface area contributed by atoms with Gasteiger partial charge < -0.3 is 4.74 Å². The number of carbonyl (C=O) groups is 1. The number of nitrogens with zero attached hydrogens (tertiary/aromatic N) is 2. The minimum atomic E-state index is 0.353. The lowest BCUT2D eigenvalue weighted by molar-refractivity contribution is 0.111. The van der Waals surface area contributed by atoms with Crippen LogP contribution in [0.1, 0.15) is 16.1 Å². The third kappa shape index (κ3) is 1.69. The van der Waals surface area contributed by atoms with E-state index >= 15 is 0 Å². The highest BCUT2D eigenvalue weighted by atomic mass is 32.1. The third-order valence-electron chi connectivity index (χ3n) is 2.68. The van der Waals surface area contributed by atoms with Crippen LogP contribution in [0.3, 0.4) is 0 Å². The van der Waals surface area contributed by atoms with E-state index in [0.29, 0.717) is 17.3 Å². The third-order valence-corrected chi connectivity index (χ3v) is 3.43. The lowest BCUT2D eigenvalue weighted by Crippen LogP contribution is -1.93. The van der Waals surface area contributed by atoms with Crippen molar-refractivity contribution >= 4 is 22.6 Å². The molecule has 0 atom stereocenters. The summed E-state index contributed by atoms with van der Waals surface area (Å²) in [5.41, 5.74) is 1.44. The highest BCUT2D eigenvalue weighted by molar-refractivity contribution is 7.15. The molecule has 1 aromatic carbocycles. The average Bonchev–Trinajstić information content (AvgIpc) is 2.92. The van der Waals surface area contributed by atoms with Gasteiger partial charge in [0.2, 0.25) is 5.88 Å². The van der Waals surface area contributed by atoms with Gasteiger partial charge in [-0.3, -0.25) is 9.20 Å². The number of aryl methyl sites for hydroxylation is 1. The Kier molecular flexibility index (Phi) is 2.60. The van der Waals surface area contributed by atoms with Crippen molar-refractivity contribution in [3.63, 3.8) is 0 Å². The number of aldehydes is 1. The van der Waals surface area contributed by atoms with Crippen molar-refractivity contribution in [2.75, 3.05) is 0 Å². The summed E-state index contributed by atoms with van der Waals surface area (Å²) in [6.07, 6.45) is 2.57. The average molecular weight is 258 g/mol. The predicted octanol–water partition coefficient (Wildman–Crippen LogP) is 3.31. The molecule has 0 aliphatic rings. The number of thiazole rings is 1. The lowest BCUT2D eigenvalue weighted by atomic mass is 10.2. The summed E-state index contributed by atoms with van der Waals surface area (Å²) in [5, 5.41) is 1.88. The molecule has 0 fully saturated rings. The molecule has 0 spiro atoms. The van der Waals surface area contributed by atoms with E-state index in [1.807, 2.05) is 36.6 Å². The standard InChI is InChI=1S/C13H10N2O2S/c1-9-4-2-3-5-11(9)17-12-10(8-16)15-6-7-18-13(15)14-12/h2-8H,1H3. The zero-order valence-electron chi connectivity index (χ0n) is 9.66. The van der Waals surface area contributed by atoms with Gasteiger partial charge in [-0.1, -0.05) is 18.2 Å². The molecular weight excluding hydrogens is 248 g/mol. The van der Waals surface area contributed by atoms with E-state index in [4.69, 9.17) is 4.74 Å². The fourth-order valence-corrected chi connectivity index (χ4v) is 2.45. The second kappa shape index (κ2) is 4.27. The Bertz CT molecular complexity index is 715. The number of hydrogen-bond acceptors (Lipinski definition) is 4. The van der Waals surface area contributed by atoms with Gasteiger partial charge in [0.1, 0.15) is 5.75 Å². The number of para-hydroxylation sites is 1. The molecule has 0 amide bonds. The molecule has 2 heterocycles. The number of carbonyl (C=O) groups excluding carboxylic acids is 1. The summed E-state index contributed by atoms with van der Waals surface area (Å²) < 4.78 is 7.45. The summed E-state index contributed by atoms with van der Waals surface area (Å²) in [6, 6.07) is 7.64. The fourth-order valence-electron chi connectivity index (χ4n) is 1.74. The number of rotatable bonds is 3. The first-order valence-corrected chi connectivity index (χ1v) is 6.32. The van der Waals surface area contributed by atoms with Gasteiger partial charge >= 0.3 is 0 Å². The highest BCUT2D eigenvalue weighted by Crippen LogP contribution is 2.28. The smallest absolute Gasteiger partial charge is 0.250 e. The molecule has 0 saturated heterocycles. The number of fused-ring (bicyclic) bond motifs is 1. The number of ether oxygens (including phenoxy) is 1. The normalized spacial score (nSPS) is 10.7. The molecular formula is C13H10N2O2S. The van der Waals surface area contributed by atoms with Crippen LogP contribution in [-0.4, -0.2) is 15.7 Å². The first kappa shape index (κ1) is 11.0. The van der Waals surface area contributed by atoms with E-state index < -0.39 is 0 Å². The first-order chi connectivity index (χ1) is 8.79. The summed E-state index contributed by atoms with van der Waals surface area (Å²) in [7, 11) is 0. The van der Waals surface area contributed by atoms with Crippen LogP contribution in [-0.2, 0) is 0 Å². The molecule has 3 aromatic rings. The van der Waals surface area contributed by atoms with Crippen molar-refractivity contribution in [2.24, 2.45) is 0 Å². The summed E-state index contributed by atoms with van der Waals surface area (Å²) in [6.45, 7) is 1.95. The van der Waals surface area contributed by atoms with Gasteiger partial charge in [0.15, 0.2) is 16.9 Å². The number of hydrogen-bond donors (Lipinski definition) is 0. The SMILES string of the molecule is Cc1ccccc1Oc1nc2sccn2c1C=O. The number of aromatic nitrogens is 2. The van der Waals surface area contributed by atoms with E-state index in [1.54, 1.807) is 10.6 Å². The zero-order chi connectivity index (χ0) is 12.5. The summed E-state index contributed by atoms with van der Waals surface area (Å²) >= 11 is 1.47. The van der Waals surface area contributed by atoms with Crippen molar-refractivity contribution < 1.29 is 9.53 Å². The molecule has 0 saturated carbocycles. The maximum atomic E-state index is 11.1. The molecule has 3 rings (SSSR count). The molecule has 18 heavy (non-hydrogen) atoms. The van der Waals surface area contributed by atoms with Crippen molar-refractivity contribution in [1.29, 1.82) is 0 Å². The molecule has 0 bridgehead atoms. The molecule has 4 nitrogen and oxygen atoms in total. The Hall–Kier alpha value is -2.14. The molecule has 5 heteroatoms. The van der Waals surface area contributed by atoms with Crippen molar-refractivity contribution in [2.45, 2.75) is 6.92 Å². The van der Waals surface area contributed by atoms with Gasteiger partial charge in [0, 0.05) is 11.6 Å². The molecule has 0 aliphatic carbocycles. The molecule has 0 radical (unpaired) electrons. The summed E-state index contributed by atoms with van der Waals surface area (Å²) in [4.78, 5) is 16.2. The van der Waals surface area contributed by atoms with Gasteiger partial charge in [-0.25, -0.2) is 0 Å². The highest BCUT2D eigenvalue weighted by Gasteiger charge is 2.14. The van der Waals surface area contributed by atoms with Crippen molar-refractivity contribution in [1.82, 2.24) is 9.38 Å². The fraction of sp³-hybridized carbons (Fsp3) is 0.0769. The molecule has 2 aromatic heterocycles. The topological polar surface area (TPSA) is 43.6 Å². The Morgan fingerprint density at radius 3 is 3.00 bits per heavy atom. The summed E-state index contributed by atoms with van der Waals surface area (Å²) in [5.74, 6) is 1.07. The van der Waals surface area contributed by atoms with Gasteiger partial charge in [0.05, 0.1) is 0 Å². The lowest BCUT2D eigenvalue weighted by Gasteiger charge is -2.05. The van der Waals surface area contributed by atoms with Gasteiger partial charge in [-0.2, -0.15) is 4.98 Å². The minimum absolute atomic E-state index is 0.353. The quantitative estimate of drug-likeness (QED) is 0.677. The van der Waals surface area contributed by atoms with Crippen LogP contribution in [0.15, 0.2) is 35.8 Å². The molecule has 90 valence electrons. The first-order valence-electron chi connectivity index (χ1n) is 5.44. The van der Waals surface area contributed by atoms with Crippen LogP contribution in [0, 0.1) is 6.92 Å². The number of benzene rings is 1. The van der Waals surface area contributed by atoms with E-state index in [-0.39, 0.29) is 0 Å². The van der Waals surface area contributed by atoms with Gasteiger partial charge in [0.25, 0.3) is 0 Å². The Morgan fingerprint density at radius 1 is 1.39 bits per heavy atom. The maximum Gasteiger partial charge on any atom is 0.250 e. The second-order valence-electron chi connectivity index (χ2n) is 3.84. The Morgan fingerprint density at radius 2 is 2.22 bits per heavy atom. The molecule has 0 unspecified atom stereocenters. The van der Waals surface area contributed by atoms with Crippen molar-refractivity contribution in [3.05, 3.63) is 47.1 Å². The van der Waals surface area contributed by atoms with Crippen LogP contribution in [0.5, 0.6) is 11.6 Å². The van der Waals surface area contributed by atoms with Crippen LogP contribution in [0.25, 0.3) is 4.96 Å². The van der Waals surface area contributed by atoms with Gasteiger partial charge in [-0.15, -0.1) is 11.3 Å². The van der Waals surface area contributed by atoms with Crippen LogP contribution >= 0.6 is 11.3 Å². The maximum absolute atomic E-state index is 11.1.